The molecule has 164 valence electrons. The number of hydrogen-bond donors (Lipinski definition) is 3. The van der Waals surface area contributed by atoms with E-state index < -0.39 is 24.0 Å². The zero-order valence-electron chi connectivity index (χ0n) is 17.2. The highest BCUT2D eigenvalue weighted by atomic mass is 16.4. The molecule has 1 aliphatic carbocycles. The minimum atomic E-state index is -1.30. The van der Waals surface area contributed by atoms with Crippen LogP contribution < -0.4 is 16.2 Å². The maximum absolute atomic E-state index is 12.7. The van der Waals surface area contributed by atoms with E-state index in [9.17, 15) is 24.3 Å². The van der Waals surface area contributed by atoms with E-state index in [2.05, 4.69) is 15.7 Å². The van der Waals surface area contributed by atoms with E-state index in [4.69, 9.17) is 0 Å². The lowest BCUT2D eigenvalue weighted by Crippen LogP contribution is -2.34. The number of aromatic carboxylic acids is 1. The Hall–Kier alpha value is -4.01. The summed E-state index contributed by atoms with van der Waals surface area (Å²) in [6, 6.07) is 12.9. The van der Waals surface area contributed by atoms with Gasteiger partial charge in [-0.3, -0.25) is 14.4 Å². The van der Waals surface area contributed by atoms with Gasteiger partial charge >= 0.3 is 5.97 Å². The third-order valence-electron chi connectivity index (χ3n) is 5.50. The second-order valence-electron chi connectivity index (χ2n) is 7.71. The normalized spacial score (nSPS) is 13.8. The minimum absolute atomic E-state index is 0.126. The van der Waals surface area contributed by atoms with Crippen molar-refractivity contribution in [3.05, 3.63) is 70.1 Å². The molecule has 32 heavy (non-hydrogen) atoms. The summed E-state index contributed by atoms with van der Waals surface area (Å²) in [6.45, 7) is -0.497. The van der Waals surface area contributed by atoms with Gasteiger partial charge in [0.2, 0.25) is 5.91 Å². The summed E-state index contributed by atoms with van der Waals surface area (Å²) in [6.07, 6.45) is 4.02. The summed E-state index contributed by atoms with van der Waals surface area (Å²) >= 11 is 0. The monoisotopic (exact) mass is 434 g/mol. The van der Waals surface area contributed by atoms with Crippen LogP contribution in [0.15, 0.2) is 53.3 Å². The first-order chi connectivity index (χ1) is 15.4. The second kappa shape index (κ2) is 9.01. The molecule has 3 aromatic rings. The van der Waals surface area contributed by atoms with Gasteiger partial charge in [0.15, 0.2) is 5.69 Å². The first-order valence-electron chi connectivity index (χ1n) is 10.4. The molecule has 2 aromatic carbocycles. The van der Waals surface area contributed by atoms with Crippen LogP contribution in [-0.2, 0) is 11.3 Å². The molecule has 0 radical (unpaired) electrons. The average molecular weight is 434 g/mol. The molecule has 0 aliphatic heterocycles. The number of hydrogen-bond acceptors (Lipinski definition) is 5. The molecule has 3 N–H and O–H groups in total. The number of para-hydroxylation sites is 1. The van der Waals surface area contributed by atoms with Gasteiger partial charge in [0, 0.05) is 11.4 Å². The molecule has 9 heteroatoms. The molecule has 0 bridgehead atoms. The van der Waals surface area contributed by atoms with Crippen molar-refractivity contribution in [1.29, 1.82) is 0 Å². The van der Waals surface area contributed by atoms with Crippen LogP contribution in [0.1, 0.15) is 46.5 Å². The van der Waals surface area contributed by atoms with Crippen molar-refractivity contribution in [1.82, 2.24) is 15.1 Å². The van der Waals surface area contributed by atoms with Gasteiger partial charge in [0.05, 0.1) is 16.6 Å². The molecule has 0 spiro atoms. The molecule has 1 aliphatic rings. The van der Waals surface area contributed by atoms with Gasteiger partial charge in [-0.25, -0.2) is 9.48 Å². The predicted octanol–water partition coefficient (Wildman–Crippen LogP) is 2.41. The lowest BCUT2D eigenvalue weighted by molar-refractivity contribution is -0.117. The minimum Gasteiger partial charge on any atom is -0.476 e. The predicted molar refractivity (Wildman–Crippen MR) is 118 cm³/mol. The van der Waals surface area contributed by atoms with Crippen LogP contribution >= 0.6 is 0 Å². The Morgan fingerprint density at radius 1 is 1.00 bits per heavy atom. The topological polar surface area (TPSA) is 130 Å². The Morgan fingerprint density at radius 2 is 1.66 bits per heavy atom. The van der Waals surface area contributed by atoms with Crippen molar-refractivity contribution in [3.8, 4) is 0 Å². The maximum Gasteiger partial charge on any atom is 0.357 e. The van der Waals surface area contributed by atoms with E-state index in [-0.39, 0.29) is 28.4 Å². The Balaban J connectivity index is 1.57. The third-order valence-corrected chi connectivity index (χ3v) is 5.50. The van der Waals surface area contributed by atoms with E-state index in [1.807, 2.05) is 0 Å². The van der Waals surface area contributed by atoms with E-state index >= 15 is 0 Å². The van der Waals surface area contributed by atoms with Crippen LogP contribution in [0.4, 0.5) is 5.69 Å². The summed E-state index contributed by atoms with van der Waals surface area (Å²) < 4.78 is 0.822. The molecule has 4 rings (SSSR count). The molecular weight excluding hydrogens is 412 g/mol. The second-order valence-corrected chi connectivity index (χ2v) is 7.71. The van der Waals surface area contributed by atoms with Crippen LogP contribution in [0.3, 0.4) is 0 Å². The van der Waals surface area contributed by atoms with Crippen LogP contribution in [0.5, 0.6) is 0 Å². The number of benzene rings is 2. The Labute approximate surface area is 183 Å². The van der Waals surface area contributed by atoms with Crippen molar-refractivity contribution in [2.24, 2.45) is 0 Å². The lowest BCUT2D eigenvalue weighted by atomic mass is 10.1. The maximum atomic E-state index is 12.7. The van der Waals surface area contributed by atoms with Crippen molar-refractivity contribution < 1.29 is 19.5 Å². The molecule has 0 atom stereocenters. The number of nitrogens with one attached hydrogen (secondary N) is 2. The largest absolute Gasteiger partial charge is 0.476 e. The SMILES string of the molecule is O=C(Cn1nc(C(=O)O)c2ccccc2c1=O)Nc1ccccc1C(=O)NC1CCCC1. The highest BCUT2D eigenvalue weighted by molar-refractivity contribution is 6.04. The number of anilines is 1. The Morgan fingerprint density at radius 3 is 2.38 bits per heavy atom. The number of aromatic nitrogens is 2. The highest BCUT2D eigenvalue weighted by Crippen LogP contribution is 2.20. The van der Waals surface area contributed by atoms with Gasteiger partial charge in [-0.2, -0.15) is 5.10 Å². The Kier molecular flexibility index (Phi) is 5.98. The molecule has 0 unspecified atom stereocenters. The number of carboxylic acids is 1. The summed E-state index contributed by atoms with van der Waals surface area (Å²) in [5, 5.41) is 19.3. The quantitative estimate of drug-likeness (QED) is 0.546. The summed E-state index contributed by atoms with van der Waals surface area (Å²) in [4.78, 5) is 49.7. The molecule has 2 amide bonds. The van der Waals surface area contributed by atoms with Crippen LogP contribution in [-0.4, -0.2) is 38.7 Å². The summed E-state index contributed by atoms with van der Waals surface area (Å²) in [7, 11) is 0. The fourth-order valence-electron chi connectivity index (χ4n) is 3.95. The molecular formula is C23H22N4O5. The third kappa shape index (κ3) is 4.36. The van der Waals surface area contributed by atoms with E-state index in [1.54, 1.807) is 36.4 Å². The number of carbonyl (C=O) groups is 3. The van der Waals surface area contributed by atoms with Crippen molar-refractivity contribution in [3.63, 3.8) is 0 Å². The number of fused-ring (bicyclic) bond motifs is 1. The smallest absolute Gasteiger partial charge is 0.357 e. The summed E-state index contributed by atoms with van der Waals surface area (Å²) in [5.74, 6) is -2.18. The fourth-order valence-corrected chi connectivity index (χ4v) is 3.95. The van der Waals surface area contributed by atoms with Crippen LogP contribution in [0.2, 0.25) is 0 Å². The van der Waals surface area contributed by atoms with Gasteiger partial charge in [0.25, 0.3) is 11.5 Å². The number of rotatable bonds is 6. The molecule has 1 fully saturated rings. The van der Waals surface area contributed by atoms with E-state index in [0.29, 0.717) is 11.3 Å². The van der Waals surface area contributed by atoms with Gasteiger partial charge in [-0.1, -0.05) is 43.2 Å². The Bertz CT molecular complexity index is 1260. The first-order valence-corrected chi connectivity index (χ1v) is 10.4. The number of carbonyl (C=O) groups excluding carboxylic acids is 2. The van der Waals surface area contributed by atoms with Gasteiger partial charge < -0.3 is 15.7 Å². The van der Waals surface area contributed by atoms with Gasteiger partial charge in [-0.15, -0.1) is 0 Å². The lowest BCUT2D eigenvalue weighted by Gasteiger charge is -2.15. The van der Waals surface area contributed by atoms with Crippen molar-refractivity contribution in [2.45, 2.75) is 38.3 Å². The first kappa shape index (κ1) is 21.2. The van der Waals surface area contributed by atoms with Gasteiger partial charge in [0.1, 0.15) is 6.54 Å². The zero-order chi connectivity index (χ0) is 22.7. The van der Waals surface area contributed by atoms with Gasteiger partial charge in [-0.05, 0) is 31.0 Å². The van der Waals surface area contributed by atoms with Crippen molar-refractivity contribution >= 4 is 34.2 Å². The molecule has 1 aromatic heterocycles. The average Bonchev–Trinajstić information content (AvgIpc) is 3.29. The van der Waals surface area contributed by atoms with Crippen molar-refractivity contribution in [2.75, 3.05) is 5.32 Å². The standard InChI is InChI=1S/C23H22N4O5/c28-19(13-27-22(30)16-10-4-3-9-15(16)20(26-27)23(31)32)25-18-12-6-5-11-17(18)21(29)24-14-7-1-2-8-14/h3-6,9-12,14H,1-2,7-8,13H2,(H,24,29)(H,25,28)(H,31,32). The molecule has 0 saturated heterocycles. The zero-order valence-corrected chi connectivity index (χ0v) is 17.2. The number of amides is 2. The highest BCUT2D eigenvalue weighted by Gasteiger charge is 2.21. The van der Waals surface area contributed by atoms with E-state index in [1.165, 1.54) is 12.1 Å². The van der Waals surface area contributed by atoms with Crippen LogP contribution in [0, 0.1) is 0 Å². The number of carboxylic acid groups (broad SMARTS) is 1. The number of nitrogens with zero attached hydrogens (tertiary/aromatic N) is 2. The van der Waals surface area contributed by atoms with E-state index in [0.717, 1.165) is 30.4 Å². The summed E-state index contributed by atoms with van der Waals surface area (Å²) in [5.41, 5.74) is -0.268. The van der Waals surface area contributed by atoms with Crippen LogP contribution in [0.25, 0.3) is 10.8 Å². The molecule has 1 heterocycles. The fraction of sp³-hybridized carbons (Fsp3) is 0.261. The molecule has 9 nitrogen and oxygen atoms in total. The molecule has 1 saturated carbocycles.